The van der Waals surface area contributed by atoms with Crippen molar-refractivity contribution < 1.29 is 9.47 Å². The van der Waals surface area contributed by atoms with Crippen molar-refractivity contribution in [1.82, 2.24) is 10.2 Å². The van der Waals surface area contributed by atoms with Crippen molar-refractivity contribution in [2.75, 3.05) is 40.4 Å². The molecule has 1 N–H and O–H groups in total. The van der Waals surface area contributed by atoms with Crippen LogP contribution in [0.2, 0.25) is 5.02 Å². The molecule has 1 aliphatic rings. The van der Waals surface area contributed by atoms with Crippen LogP contribution in [0.5, 0.6) is 11.5 Å². The molecule has 1 fully saturated rings. The molecule has 0 amide bonds. The summed E-state index contributed by atoms with van der Waals surface area (Å²) >= 11 is 6.66. The fourth-order valence-electron chi connectivity index (χ4n) is 3.18. The molecular formula is C17H29Cl3N2O2. The Morgan fingerprint density at radius 1 is 1.17 bits per heavy atom. The molecular weight excluding hydrogens is 371 g/mol. The van der Waals surface area contributed by atoms with Gasteiger partial charge in [-0.3, -0.25) is 4.90 Å². The predicted octanol–water partition coefficient (Wildman–Crippen LogP) is 4.19. The van der Waals surface area contributed by atoms with Gasteiger partial charge in [-0.15, -0.1) is 24.8 Å². The molecule has 1 aromatic carbocycles. The quantitative estimate of drug-likeness (QED) is 0.777. The Morgan fingerprint density at radius 3 is 2.29 bits per heavy atom. The van der Waals surface area contributed by atoms with E-state index >= 15 is 0 Å². The van der Waals surface area contributed by atoms with Crippen molar-refractivity contribution in [3.05, 3.63) is 22.7 Å². The van der Waals surface area contributed by atoms with Crippen LogP contribution in [-0.2, 0) is 0 Å². The summed E-state index contributed by atoms with van der Waals surface area (Å²) in [6.45, 7) is 8.66. The van der Waals surface area contributed by atoms with Gasteiger partial charge < -0.3 is 14.8 Å². The number of nitrogens with zero attached hydrogens (tertiary/aromatic N) is 1. The standard InChI is InChI=1S/C17H27ClN2O2.2ClH/c1-5-12(2)16(20-10-8-19-9-11-20)13-6-7-14(21-3)17(22-4)15(13)18;;/h6-7,12,16,19H,5,8-11H2,1-4H3;2*1H/t12?,16-;;/m0../s1. The van der Waals surface area contributed by atoms with E-state index in [4.69, 9.17) is 21.1 Å². The minimum Gasteiger partial charge on any atom is -0.493 e. The first-order valence-corrected chi connectivity index (χ1v) is 8.36. The van der Waals surface area contributed by atoms with Crippen LogP contribution in [-0.4, -0.2) is 45.3 Å². The van der Waals surface area contributed by atoms with Gasteiger partial charge in [0.25, 0.3) is 0 Å². The molecule has 2 rings (SSSR count). The van der Waals surface area contributed by atoms with E-state index in [1.807, 2.05) is 6.07 Å². The minimum absolute atomic E-state index is 0. The fourth-order valence-corrected chi connectivity index (χ4v) is 3.52. The number of hydrogen-bond donors (Lipinski definition) is 1. The van der Waals surface area contributed by atoms with Gasteiger partial charge in [0.05, 0.1) is 19.2 Å². The molecule has 1 unspecified atom stereocenters. The van der Waals surface area contributed by atoms with Crippen LogP contribution in [0.3, 0.4) is 0 Å². The van der Waals surface area contributed by atoms with Gasteiger partial charge in [-0.1, -0.05) is 37.9 Å². The molecule has 0 saturated carbocycles. The first kappa shape index (κ1) is 23.6. The number of nitrogens with one attached hydrogen (secondary N) is 1. The molecule has 4 nitrogen and oxygen atoms in total. The molecule has 0 aliphatic carbocycles. The third kappa shape index (κ3) is 5.06. The Balaban J connectivity index is 0.00000264. The predicted molar refractivity (Wildman–Crippen MR) is 106 cm³/mol. The van der Waals surface area contributed by atoms with E-state index in [1.54, 1.807) is 14.2 Å². The van der Waals surface area contributed by atoms with E-state index in [9.17, 15) is 0 Å². The Morgan fingerprint density at radius 2 is 1.79 bits per heavy atom. The maximum absolute atomic E-state index is 6.66. The maximum atomic E-state index is 6.66. The van der Waals surface area contributed by atoms with Crippen molar-refractivity contribution in [3.63, 3.8) is 0 Å². The molecule has 0 radical (unpaired) electrons. The molecule has 140 valence electrons. The van der Waals surface area contributed by atoms with Crippen molar-refractivity contribution in [3.8, 4) is 11.5 Å². The Kier molecular flexibility index (Phi) is 11.1. The Hall–Kier alpha value is -0.390. The molecule has 7 heteroatoms. The number of ether oxygens (including phenoxy) is 2. The highest BCUT2D eigenvalue weighted by Crippen LogP contribution is 2.43. The summed E-state index contributed by atoms with van der Waals surface area (Å²) in [5.41, 5.74) is 1.13. The number of piperazine rings is 1. The summed E-state index contributed by atoms with van der Waals surface area (Å²) in [4.78, 5) is 2.53. The number of rotatable bonds is 6. The number of halogens is 3. The van der Waals surface area contributed by atoms with Gasteiger partial charge in [0, 0.05) is 32.2 Å². The van der Waals surface area contributed by atoms with Gasteiger partial charge in [0.15, 0.2) is 11.5 Å². The second kappa shape index (κ2) is 11.3. The van der Waals surface area contributed by atoms with Crippen LogP contribution in [0.4, 0.5) is 0 Å². The van der Waals surface area contributed by atoms with Gasteiger partial charge in [-0.2, -0.15) is 0 Å². The maximum Gasteiger partial charge on any atom is 0.179 e. The monoisotopic (exact) mass is 398 g/mol. The highest BCUT2D eigenvalue weighted by atomic mass is 35.5. The van der Waals surface area contributed by atoms with Crippen LogP contribution in [0.1, 0.15) is 31.9 Å². The molecule has 0 aromatic heterocycles. The van der Waals surface area contributed by atoms with Gasteiger partial charge in [-0.25, -0.2) is 0 Å². The number of benzene rings is 1. The molecule has 1 aromatic rings. The lowest BCUT2D eigenvalue weighted by Gasteiger charge is -2.39. The lowest BCUT2D eigenvalue weighted by atomic mass is 9.90. The van der Waals surface area contributed by atoms with E-state index in [1.165, 1.54) is 0 Å². The van der Waals surface area contributed by atoms with Gasteiger partial charge in [0.1, 0.15) is 0 Å². The Labute approximate surface area is 163 Å². The second-order valence-corrected chi connectivity index (χ2v) is 6.20. The molecule has 24 heavy (non-hydrogen) atoms. The Bertz CT molecular complexity index is 497. The van der Waals surface area contributed by atoms with E-state index in [0.717, 1.165) is 38.2 Å². The van der Waals surface area contributed by atoms with E-state index in [2.05, 4.69) is 30.1 Å². The summed E-state index contributed by atoms with van der Waals surface area (Å²) in [6.07, 6.45) is 1.11. The minimum atomic E-state index is 0. The molecule has 0 spiro atoms. The number of hydrogen-bond acceptors (Lipinski definition) is 4. The van der Waals surface area contributed by atoms with E-state index in [-0.39, 0.29) is 24.8 Å². The zero-order valence-corrected chi connectivity index (χ0v) is 17.2. The van der Waals surface area contributed by atoms with Crippen LogP contribution in [0.25, 0.3) is 0 Å². The first-order chi connectivity index (χ1) is 10.6. The lowest BCUT2D eigenvalue weighted by molar-refractivity contribution is 0.128. The SMILES string of the molecule is CCC(C)[C@@H](c1ccc(OC)c(OC)c1Cl)N1CCNCC1.Cl.Cl. The van der Waals surface area contributed by atoms with E-state index < -0.39 is 0 Å². The van der Waals surface area contributed by atoms with Gasteiger partial charge >= 0.3 is 0 Å². The summed E-state index contributed by atoms with van der Waals surface area (Å²) in [7, 11) is 3.27. The zero-order chi connectivity index (χ0) is 16.1. The van der Waals surface area contributed by atoms with Crippen LogP contribution >= 0.6 is 36.4 Å². The largest absolute Gasteiger partial charge is 0.493 e. The topological polar surface area (TPSA) is 33.7 Å². The van der Waals surface area contributed by atoms with Crippen molar-refractivity contribution in [1.29, 1.82) is 0 Å². The average molecular weight is 400 g/mol. The summed E-state index contributed by atoms with van der Waals surface area (Å²) in [5.74, 6) is 1.83. The van der Waals surface area contributed by atoms with Crippen molar-refractivity contribution in [2.45, 2.75) is 26.3 Å². The lowest BCUT2D eigenvalue weighted by Crippen LogP contribution is -2.46. The van der Waals surface area contributed by atoms with Crippen molar-refractivity contribution >= 4 is 36.4 Å². The van der Waals surface area contributed by atoms with Gasteiger partial charge in [0.2, 0.25) is 0 Å². The molecule has 1 aliphatic heterocycles. The molecule has 1 heterocycles. The third-order valence-corrected chi connectivity index (χ3v) is 4.95. The van der Waals surface area contributed by atoms with Gasteiger partial charge in [-0.05, 0) is 17.5 Å². The summed E-state index contributed by atoms with van der Waals surface area (Å²) in [5, 5.41) is 4.09. The third-order valence-electron chi connectivity index (χ3n) is 4.56. The normalized spacial score (nSPS) is 17.2. The smallest absolute Gasteiger partial charge is 0.179 e. The van der Waals surface area contributed by atoms with Crippen LogP contribution in [0.15, 0.2) is 12.1 Å². The average Bonchev–Trinajstić information content (AvgIpc) is 2.57. The first-order valence-electron chi connectivity index (χ1n) is 7.99. The molecule has 0 bridgehead atoms. The zero-order valence-electron chi connectivity index (χ0n) is 14.8. The number of methoxy groups -OCH3 is 2. The molecule has 1 saturated heterocycles. The van der Waals surface area contributed by atoms with E-state index in [0.29, 0.717) is 28.5 Å². The summed E-state index contributed by atoms with van der Waals surface area (Å²) < 4.78 is 10.8. The van der Waals surface area contributed by atoms with Crippen molar-refractivity contribution in [2.24, 2.45) is 5.92 Å². The molecule has 2 atom stereocenters. The highest BCUT2D eigenvalue weighted by molar-refractivity contribution is 6.33. The van der Waals surface area contributed by atoms with Crippen LogP contribution in [0, 0.1) is 5.92 Å². The fraction of sp³-hybridized carbons (Fsp3) is 0.647. The highest BCUT2D eigenvalue weighted by Gasteiger charge is 2.29. The van der Waals surface area contributed by atoms with Crippen LogP contribution < -0.4 is 14.8 Å². The second-order valence-electron chi connectivity index (χ2n) is 5.82. The summed E-state index contributed by atoms with van der Waals surface area (Å²) in [6, 6.07) is 4.35.